The number of hydrogen-bond donors (Lipinski definition) is 1. The van der Waals surface area contributed by atoms with Crippen molar-refractivity contribution in [1.29, 1.82) is 0 Å². The van der Waals surface area contributed by atoms with Crippen LogP contribution in [-0.4, -0.2) is 17.0 Å². The largest absolute Gasteiger partial charge is 0.472 e. The van der Waals surface area contributed by atoms with E-state index < -0.39 is 0 Å². The van der Waals surface area contributed by atoms with Crippen LogP contribution in [0.25, 0.3) is 6.08 Å². The summed E-state index contributed by atoms with van der Waals surface area (Å²) in [5.74, 6) is 0.0838. The standard InChI is InChI=1S/C17H20O3/c1-11-14(8-12-6-7-20-10-12)15(18)9-13-4-3-5-16(19)17(11,13)2/h6-11,16,19H,3-5H2,1-2H3/b14-8+/t11-,16-,17-/m0/s1. The number of carbonyl (C=O) groups is 1. The smallest absolute Gasteiger partial charge is 0.182 e. The van der Waals surface area contributed by atoms with Gasteiger partial charge in [-0.3, -0.25) is 4.79 Å². The van der Waals surface area contributed by atoms with Crippen LogP contribution in [0.5, 0.6) is 0 Å². The number of aliphatic hydroxyl groups excluding tert-OH is 1. The van der Waals surface area contributed by atoms with Crippen molar-refractivity contribution in [2.45, 2.75) is 39.2 Å². The average Bonchev–Trinajstić information content (AvgIpc) is 2.92. The third-order valence-electron chi connectivity index (χ3n) is 5.13. The van der Waals surface area contributed by atoms with E-state index in [9.17, 15) is 9.90 Å². The fourth-order valence-corrected chi connectivity index (χ4v) is 3.57. The Kier molecular flexibility index (Phi) is 3.17. The van der Waals surface area contributed by atoms with Crippen LogP contribution in [0.15, 0.2) is 40.2 Å². The molecule has 3 heteroatoms. The van der Waals surface area contributed by atoms with Crippen molar-refractivity contribution in [1.82, 2.24) is 0 Å². The highest BCUT2D eigenvalue weighted by molar-refractivity contribution is 6.09. The summed E-state index contributed by atoms with van der Waals surface area (Å²) in [4.78, 5) is 12.4. The van der Waals surface area contributed by atoms with E-state index in [1.165, 1.54) is 0 Å². The molecule has 0 unspecified atom stereocenters. The molecule has 0 radical (unpaired) electrons. The molecule has 106 valence electrons. The van der Waals surface area contributed by atoms with Gasteiger partial charge >= 0.3 is 0 Å². The molecule has 0 saturated heterocycles. The Morgan fingerprint density at radius 2 is 2.30 bits per heavy atom. The van der Waals surface area contributed by atoms with Gasteiger partial charge in [0.1, 0.15) is 0 Å². The molecule has 0 spiro atoms. The van der Waals surface area contributed by atoms with Crippen molar-refractivity contribution in [2.75, 3.05) is 0 Å². The van der Waals surface area contributed by atoms with Crippen LogP contribution < -0.4 is 0 Å². The molecular formula is C17H20O3. The maximum absolute atomic E-state index is 12.4. The van der Waals surface area contributed by atoms with E-state index in [2.05, 4.69) is 6.92 Å². The Morgan fingerprint density at radius 3 is 3.00 bits per heavy atom. The van der Waals surface area contributed by atoms with Gasteiger partial charge in [-0.1, -0.05) is 19.4 Å². The van der Waals surface area contributed by atoms with Crippen molar-refractivity contribution >= 4 is 11.9 Å². The van der Waals surface area contributed by atoms with E-state index in [0.717, 1.165) is 36.0 Å². The Labute approximate surface area is 119 Å². The summed E-state index contributed by atoms with van der Waals surface area (Å²) in [6.45, 7) is 4.13. The molecule has 3 nitrogen and oxygen atoms in total. The maximum Gasteiger partial charge on any atom is 0.182 e. The first-order valence-corrected chi connectivity index (χ1v) is 7.20. The van der Waals surface area contributed by atoms with Gasteiger partial charge in [0, 0.05) is 16.6 Å². The van der Waals surface area contributed by atoms with Crippen molar-refractivity contribution in [3.63, 3.8) is 0 Å². The van der Waals surface area contributed by atoms with Crippen LogP contribution in [0.1, 0.15) is 38.7 Å². The first kappa shape index (κ1) is 13.4. The SMILES string of the molecule is C[C@H]1/C(=C\c2ccoc2)C(=O)C=C2CCC[C@H](O)[C@]21C. The molecule has 1 heterocycles. The Morgan fingerprint density at radius 1 is 1.50 bits per heavy atom. The highest BCUT2D eigenvalue weighted by Crippen LogP contribution is 2.51. The fraction of sp³-hybridized carbons (Fsp3) is 0.471. The molecule has 20 heavy (non-hydrogen) atoms. The Bertz CT molecular complexity index is 579. The number of aliphatic hydroxyl groups is 1. The van der Waals surface area contributed by atoms with Gasteiger partial charge in [0.05, 0.1) is 18.6 Å². The van der Waals surface area contributed by atoms with Gasteiger partial charge in [-0.15, -0.1) is 0 Å². The van der Waals surface area contributed by atoms with Gasteiger partial charge in [0.25, 0.3) is 0 Å². The van der Waals surface area contributed by atoms with Crippen LogP contribution in [0.2, 0.25) is 0 Å². The average molecular weight is 272 g/mol. The van der Waals surface area contributed by atoms with Crippen LogP contribution >= 0.6 is 0 Å². The number of allylic oxidation sites excluding steroid dienone is 2. The highest BCUT2D eigenvalue weighted by Gasteiger charge is 2.48. The van der Waals surface area contributed by atoms with E-state index in [1.807, 2.05) is 19.1 Å². The van der Waals surface area contributed by atoms with Gasteiger partial charge in [-0.05, 0) is 43.4 Å². The first-order valence-electron chi connectivity index (χ1n) is 7.20. The predicted molar refractivity (Wildman–Crippen MR) is 76.9 cm³/mol. The molecule has 3 atom stereocenters. The van der Waals surface area contributed by atoms with Crippen molar-refractivity contribution in [2.24, 2.45) is 11.3 Å². The summed E-state index contributed by atoms with van der Waals surface area (Å²) in [6, 6.07) is 1.84. The Hall–Kier alpha value is -1.61. The minimum Gasteiger partial charge on any atom is -0.472 e. The summed E-state index contributed by atoms with van der Waals surface area (Å²) in [5.41, 5.74) is 2.45. The van der Waals surface area contributed by atoms with Crippen LogP contribution in [-0.2, 0) is 4.79 Å². The topological polar surface area (TPSA) is 50.4 Å². The zero-order valence-electron chi connectivity index (χ0n) is 11.9. The van der Waals surface area contributed by atoms with E-state index in [-0.39, 0.29) is 23.2 Å². The van der Waals surface area contributed by atoms with Crippen LogP contribution in [0, 0.1) is 11.3 Å². The second-order valence-corrected chi connectivity index (χ2v) is 6.10. The van der Waals surface area contributed by atoms with Gasteiger partial charge in [0.15, 0.2) is 5.78 Å². The first-order chi connectivity index (χ1) is 9.53. The molecule has 0 aromatic carbocycles. The van der Waals surface area contributed by atoms with E-state index >= 15 is 0 Å². The predicted octanol–water partition coefficient (Wildman–Crippen LogP) is 3.36. The third kappa shape index (κ3) is 1.88. The summed E-state index contributed by atoms with van der Waals surface area (Å²) in [6.07, 6.45) is 9.18. The zero-order valence-corrected chi connectivity index (χ0v) is 11.9. The van der Waals surface area contributed by atoms with Crippen molar-refractivity contribution < 1.29 is 14.3 Å². The van der Waals surface area contributed by atoms with Crippen molar-refractivity contribution in [3.05, 3.63) is 41.4 Å². The molecule has 2 aliphatic rings. The van der Waals surface area contributed by atoms with Crippen molar-refractivity contribution in [3.8, 4) is 0 Å². The number of ketones is 1. The number of fused-ring (bicyclic) bond motifs is 1. The molecule has 1 saturated carbocycles. The summed E-state index contributed by atoms with van der Waals surface area (Å²) >= 11 is 0. The quantitative estimate of drug-likeness (QED) is 0.797. The monoisotopic (exact) mass is 272 g/mol. The lowest BCUT2D eigenvalue weighted by molar-refractivity contribution is -0.113. The second-order valence-electron chi connectivity index (χ2n) is 6.10. The number of carbonyl (C=O) groups excluding carboxylic acids is 1. The fourth-order valence-electron chi connectivity index (χ4n) is 3.57. The molecule has 3 rings (SSSR count). The molecule has 2 aliphatic carbocycles. The lowest BCUT2D eigenvalue weighted by Gasteiger charge is -2.48. The number of rotatable bonds is 1. The molecule has 1 N–H and O–H groups in total. The minimum absolute atomic E-state index is 0.0141. The summed E-state index contributed by atoms with van der Waals surface area (Å²) in [5, 5.41) is 10.5. The third-order valence-corrected chi connectivity index (χ3v) is 5.13. The van der Waals surface area contributed by atoms with Gasteiger partial charge < -0.3 is 9.52 Å². The number of hydrogen-bond acceptors (Lipinski definition) is 3. The second kappa shape index (κ2) is 4.74. The molecular weight excluding hydrogens is 252 g/mol. The molecule has 1 fully saturated rings. The van der Waals surface area contributed by atoms with E-state index in [4.69, 9.17) is 4.42 Å². The number of furan rings is 1. The lowest BCUT2D eigenvalue weighted by atomic mass is 9.57. The minimum atomic E-state index is -0.377. The molecule has 0 aliphatic heterocycles. The van der Waals surface area contributed by atoms with Gasteiger partial charge in [-0.25, -0.2) is 0 Å². The molecule has 0 amide bonds. The summed E-state index contributed by atoms with van der Waals surface area (Å²) < 4.78 is 5.06. The highest BCUT2D eigenvalue weighted by atomic mass is 16.3. The molecule has 0 bridgehead atoms. The van der Waals surface area contributed by atoms with Crippen LogP contribution in [0.3, 0.4) is 0 Å². The normalized spacial score (nSPS) is 35.9. The van der Waals surface area contributed by atoms with Gasteiger partial charge in [0.2, 0.25) is 0 Å². The molecule has 1 aromatic heterocycles. The zero-order chi connectivity index (χ0) is 14.3. The van der Waals surface area contributed by atoms with E-state index in [1.54, 1.807) is 18.6 Å². The lowest BCUT2D eigenvalue weighted by Crippen LogP contribution is -2.46. The summed E-state index contributed by atoms with van der Waals surface area (Å²) in [7, 11) is 0. The van der Waals surface area contributed by atoms with Gasteiger partial charge in [-0.2, -0.15) is 0 Å². The molecule has 1 aromatic rings. The Balaban J connectivity index is 2.07. The van der Waals surface area contributed by atoms with Crippen LogP contribution in [0.4, 0.5) is 0 Å². The maximum atomic E-state index is 12.4. The van der Waals surface area contributed by atoms with E-state index in [0.29, 0.717) is 0 Å².